The number of carboxylic acid groups (broad SMARTS) is 1. The molecule has 1 aromatic carbocycles. The molecule has 82 valence electrons. The largest absolute Gasteiger partial charge is 0.476 e. The SMILES string of the molecule is O=C(O)c1csc(-c2ccc(Cl)c(F)c2)n1. The number of halogens is 2. The fourth-order valence-corrected chi connectivity index (χ4v) is 2.04. The predicted molar refractivity (Wildman–Crippen MR) is 59.5 cm³/mol. The molecule has 0 amide bonds. The Morgan fingerprint density at radius 3 is 2.81 bits per heavy atom. The van der Waals surface area contributed by atoms with Crippen LogP contribution < -0.4 is 0 Å². The lowest BCUT2D eigenvalue weighted by Crippen LogP contribution is -1.95. The quantitative estimate of drug-likeness (QED) is 0.898. The smallest absolute Gasteiger partial charge is 0.355 e. The zero-order valence-electron chi connectivity index (χ0n) is 7.78. The Kier molecular flexibility index (Phi) is 2.89. The average Bonchev–Trinajstić information content (AvgIpc) is 2.71. The molecular weight excluding hydrogens is 253 g/mol. The molecule has 1 N–H and O–H groups in total. The van der Waals surface area contributed by atoms with E-state index in [0.29, 0.717) is 10.6 Å². The third-order valence-corrected chi connectivity index (χ3v) is 3.09. The van der Waals surface area contributed by atoms with Crippen molar-refractivity contribution < 1.29 is 14.3 Å². The van der Waals surface area contributed by atoms with Gasteiger partial charge in [0.15, 0.2) is 5.69 Å². The van der Waals surface area contributed by atoms with Crippen LogP contribution in [0.15, 0.2) is 23.6 Å². The van der Waals surface area contributed by atoms with Crippen molar-refractivity contribution in [3.05, 3.63) is 40.1 Å². The Labute approximate surface area is 99.1 Å². The van der Waals surface area contributed by atoms with Crippen molar-refractivity contribution in [3.63, 3.8) is 0 Å². The predicted octanol–water partition coefficient (Wildman–Crippen LogP) is 3.30. The van der Waals surface area contributed by atoms with Crippen molar-refractivity contribution in [3.8, 4) is 10.6 Å². The lowest BCUT2D eigenvalue weighted by atomic mass is 10.2. The van der Waals surface area contributed by atoms with Gasteiger partial charge in [-0.25, -0.2) is 14.2 Å². The highest BCUT2D eigenvalue weighted by molar-refractivity contribution is 7.13. The molecule has 16 heavy (non-hydrogen) atoms. The van der Waals surface area contributed by atoms with Crippen LogP contribution in [0.5, 0.6) is 0 Å². The molecule has 0 atom stereocenters. The van der Waals surface area contributed by atoms with Gasteiger partial charge in [0.1, 0.15) is 10.8 Å². The van der Waals surface area contributed by atoms with Gasteiger partial charge in [0, 0.05) is 10.9 Å². The minimum atomic E-state index is -1.10. The van der Waals surface area contributed by atoms with E-state index in [2.05, 4.69) is 4.98 Å². The molecule has 3 nitrogen and oxygen atoms in total. The van der Waals surface area contributed by atoms with E-state index in [9.17, 15) is 9.18 Å². The number of aromatic carboxylic acids is 1. The molecule has 0 spiro atoms. The molecule has 0 unspecified atom stereocenters. The highest BCUT2D eigenvalue weighted by atomic mass is 35.5. The summed E-state index contributed by atoms with van der Waals surface area (Å²) in [6.07, 6.45) is 0. The van der Waals surface area contributed by atoms with E-state index in [1.165, 1.54) is 17.5 Å². The highest BCUT2D eigenvalue weighted by Crippen LogP contribution is 2.26. The number of benzene rings is 1. The summed E-state index contributed by atoms with van der Waals surface area (Å²) in [5.74, 6) is -1.65. The Morgan fingerprint density at radius 2 is 2.25 bits per heavy atom. The lowest BCUT2D eigenvalue weighted by molar-refractivity contribution is 0.0691. The maximum atomic E-state index is 13.2. The molecule has 2 rings (SSSR count). The fourth-order valence-electron chi connectivity index (χ4n) is 1.13. The van der Waals surface area contributed by atoms with Crippen molar-refractivity contribution in [1.82, 2.24) is 4.98 Å². The van der Waals surface area contributed by atoms with Crippen LogP contribution in [-0.4, -0.2) is 16.1 Å². The Bertz CT molecular complexity index is 556. The number of thiazole rings is 1. The summed E-state index contributed by atoms with van der Waals surface area (Å²) < 4.78 is 13.2. The van der Waals surface area contributed by atoms with Crippen LogP contribution in [0.4, 0.5) is 4.39 Å². The molecule has 0 bridgehead atoms. The summed E-state index contributed by atoms with van der Waals surface area (Å²) >= 11 is 6.68. The molecule has 0 saturated carbocycles. The van der Waals surface area contributed by atoms with Crippen LogP contribution in [0.1, 0.15) is 10.5 Å². The first-order chi connectivity index (χ1) is 7.58. The summed E-state index contributed by atoms with van der Waals surface area (Å²) in [6.45, 7) is 0. The number of rotatable bonds is 2. The third-order valence-electron chi connectivity index (χ3n) is 1.89. The lowest BCUT2D eigenvalue weighted by Gasteiger charge is -1.97. The molecule has 0 aliphatic heterocycles. The summed E-state index contributed by atoms with van der Waals surface area (Å²) in [5.41, 5.74) is 0.467. The first kappa shape index (κ1) is 11.0. The standard InChI is InChI=1S/C10H5ClFNO2S/c11-6-2-1-5(3-7(6)12)9-13-8(4-16-9)10(14)15/h1-4H,(H,14,15). The normalized spacial score (nSPS) is 10.4. The van der Waals surface area contributed by atoms with Crippen molar-refractivity contribution in [1.29, 1.82) is 0 Å². The molecule has 0 aliphatic rings. The Hall–Kier alpha value is -1.46. The van der Waals surface area contributed by atoms with Crippen LogP contribution >= 0.6 is 22.9 Å². The van der Waals surface area contributed by atoms with E-state index >= 15 is 0 Å². The zero-order chi connectivity index (χ0) is 11.7. The molecule has 0 fully saturated rings. The molecule has 0 saturated heterocycles. The van der Waals surface area contributed by atoms with E-state index in [0.717, 1.165) is 11.3 Å². The van der Waals surface area contributed by atoms with Gasteiger partial charge in [-0.05, 0) is 12.1 Å². The van der Waals surface area contributed by atoms with Crippen LogP contribution in [0, 0.1) is 5.82 Å². The number of hydrogen-bond donors (Lipinski definition) is 1. The second kappa shape index (κ2) is 4.19. The van der Waals surface area contributed by atoms with Gasteiger partial charge in [-0.15, -0.1) is 11.3 Å². The van der Waals surface area contributed by atoms with Gasteiger partial charge in [0.2, 0.25) is 0 Å². The third kappa shape index (κ3) is 2.05. The summed E-state index contributed by atoms with van der Waals surface area (Å²) in [7, 11) is 0. The highest BCUT2D eigenvalue weighted by Gasteiger charge is 2.11. The van der Waals surface area contributed by atoms with E-state index in [1.807, 2.05) is 0 Å². The number of aromatic nitrogens is 1. The minimum Gasteiger partial charge on any atom is -0.476 e. The summed E-state index contributed by atoms with van der Waals surface area (Å²) in [6, 6.07) is 4.23. The molecule has 0 aliphatic carbocycles. The Morgan fingerprint density at radius 1 is 1.50 bits per heavy atom. The van der Waals surface area contributed by atoms with Gasteiger partial charge in [-0.2, -0.15) is 0 Å². The zero-order valence-corrected chi connectivity index (χ0v) is 9.35. The molecule has 2 aromatic rings. The van der Waals surface area contributed by atoms with E-state index in [1.54, 1.807) is 6.07 Å². The van der Waals surface area contributed by atoms with Gasteiger partial charge in [0.05, 0.1) is 5.02 Å². The molecule has 0 radical (unpaired) electrons. The van der Waals surface area contributed by atoms with Crippen LogP contribution in [0.3, 0.4) is 0 Å². The van der Waals surface area contributed by atoms with Crippen LogP contribution in [0.2, 0.25) is 5.02 Å². The Balaban J connectivity index is 2.42. The second-order valence-electron chi connectivity index (χ2n) is 2.97. The van der Waals surface area contributed by atoms with E-state index in [-0.39, 0.29) is 10.7 Å². The number of hydrogen-bond acceptors (Lipinski definition) is 3. The number of nitrogens with zero attached hydrogens (tertiary/aromatic N) is 1. The topological polar surface area (TPSA) is 50.2 Å². The van der Waals surface area contributed by atoms with Crippen molar-refractivity contribution in [2.45, 2.75) is 0 Å². The fraction of sp³-hybridized carbons (Fsp3) is 0. The maximum absolute atomic E-state index is 13.2. The number of carboxylic acids is 1. The van der Waals surface area contributed by atoms with Gasteiger partial charge in [-0.3, -0.25) is 0 Å². The van der Waals surface area contributed by atoms with E-state index < -0.39 is 11.8 Å². The molecule has 1 heterocycles. The van der Waals surface area contributed by atoms with Crippen molar-refractivity contribution >= 4 is 28.9 Å². The average molecular weight is 258 g/mol. The molecular formula is C10H5ClFNO2S. The van der Waals surface area contributed by atoms with Crippen molar-refractivity contribution in [2.24, 2.45) is 0 Å². The van der Waals surface area contributed by atoms with Crippen LogP contribution in [0.25, 0.3) is 10.6 Å². The molecule has 6 heteroatoms. The second-order valence-corrected chi connectivity index (χ2v) is 4.24. The van der Waals surface area contributed by atoms with E-state index in [4.69, 9.17) is 16.7 Å². The van der Waals surface area contributed by atoms with Crippen LogP contribution in [-0.2, 0) is 0 Å². The van der Waals surface area contributed by atoms with Gasteiger partial charge >= 0.3 is 5.97 Å². The summed E-state index contributed by atoms with van der Waals surface area (Å²) in [5, 5.41) is 10.6. The summed E-state index contributed by atoms with van der Waals surface area (Å²) in [4.78, 5) is 14.5. The van der Waals surface area contributed by atoms with Gasteiger partial charge in [0.25, 0.3) is 0 Å². The van der Waals surface area contributed by atoms with Crippen molar-refractivity contribution in [2.75, 3.05) is 0 Å². The van der Waals surface area contributed by atoms with Gasteiger partial charge in [-0.1, -0.05) is 17.7 Å². The van der Waals surface area contributed by atoms with Gasteiger partial charge < -0.3 is 5.11 Å². The first-order valence-electron chi connectivity index (χ1n) is 4.22. The monoisotopic (exact) mass is 257 g/mol. The first-order valence-corrected chi connectivity index (χ1v) is 5.48. The number of carbonyl (C=O) groups is 1. The maximum Gasteiger partial charge on any atom is 0.355 e. The minimum absolute atomic E-state index is 0.0266. The molecule has 1 aromatic heterocycles.